The fraction of sp³-hybridized carbons (Fsp3) is 0.600. The van der Waals surface area contributed by atoms with Crippen molar-refractivity contribution in [2.75, 3.05) is 6.54 Å². The van der Waals surface area contributed by atoms with Crippen LogP contribution in [-0.2, 0) is 6.54 Å². The predicted molar refractivity (Wildman–Crippen MR) is 52.6 cm³/mol. The highest BCUT2D eigenvalue weighted by atomic mass is 15.3. The zero-order valence-electron chi connectivity index (χ0n) is 8.11. The maximum Gasteiger partial charge on any atom is 0.102 e. The lowest BCUT2D eigenvalue weighted by molar-refractivity contribution is 0.351. The molecule has 1 aliphatic rings. The van der Waals surface area contributed by atoms with E-state index in [0.717, 1.165) is 13.1 Å². The van der Waals surface area contributed by atoms with E-state index >= 15 is 0 Å². The molecule has 1 unspecified atom stereocenters. The van der Waals surface area contributed by atoms with Gasteiger partial charge in [-0.15, -0.1) is 0 Å². The molecule has 0 aromatic carbocycles. The Balaban J connectivity index is 1.93. The summed E-state index contributed by atoms with van der Waals surface area (Å²) in [6, 6.07) is 2.60. The Morgan fingerprint density at radius 3 is 3.21 bits per heavy atom. The molecule has 74 valence electrons. The Hall–Kier alpha value is -1.34. The standard InChI is InChI=1S/C10H14N4/c11-5-9-6-13-14(7-9)8-10-3-1-2-4-12-10/h6-7,10,12H,1-4,8H2. The summed E-state index contributed by atoms with van der Waals surface area (Å²) in [5.74, 6) is 0. The van der Waals surface area contributed by atoms with Crippen LogP contribution in [0.2, 0.25) is 0 Å². The van der Waals surface area contributed by atoms with E-state index in [4.69, 9.17) is 5.26 Å². The lowest BCUT2D eigenvalue weighted by atomic mass is 10.1. The van der Waals surface area contributed by atoms with Gasteiger partial charge in [0.1, 0.15) is 6.07 Å². The lowest BCUT2D eigenvalue weighted by Gasteiger charge is -2.23. The topological polar surface area (TPSA) is 53.6 Å². The third kappa shape index (κ3) is 2.12. The summed E-state index contributed by atoms with van der Waals surface area (Å²) in [5.41, 5.74) is 0.640. The van der Waals surface area contributed by atoms with Gasteiger partial charge in [0.2, 0.25) is 0 Å². The number of hydrogen-bond acceptors (Lipinski definition) is 3. The smallest absolute Gasteiger partial charge is 0.102 e. The first kappa shape index (κ1) is 9.22. The van der Waals surface area contributed by atoms with Crippen LogP contribution in [0.5, 0.6) is 0 Å². The van der Waals surface area contributed by atoms with Crippen molar-refractivity contribution in [2.45, 2.75) is 31.8 Å². The van der Waals surface area contributed by atoms with Gasteiger partial charge in [-0.1, -0.05) is 6.42 Å². The van der Waals surface area contributed by atoms with E-state index in [1.165, 1.54) is 19.3 Å². The average Bonchev–Trinajstić information content (AvgIpc) is 2.67. The van der Waals surface area contributed by atoms with E-state index in [2.05, 4.69) is 16.5 Å². The SMILES string of the molecule is N#Cc1cnn(CC2CCCCN2)c1. The molecule has 0 spiro atoms. The molecule has 1 aliphatic heterocycles. The maximum absolute atomic E-state index is 8.64. The van der Waals surface area contributed by atoms with Crippen LogP contribution in [0.4, 0.5) is 0 Å². The number of hydrogen-bond donors (Lipinski definition) is 1. The molecule has 4 heteroatoms. The summed E-state index contributed by atoms with van der Waals surface area (Å²) < 4.78 is 1.85. The van der Waals surface area contributed by atoms with Crippen molar-refractivity contribution in [3.8, 4) is 6.07 Å². The van der Waals surface area contributed by atoms with Gasteiger partial charge in [-0.2, -0.15) is 10.4 Å². The van der Waals surface area contributed by atoms with Gasteiger partial charge in [-0.25, -0.2) is 0 Å². The number of nitrogens with zero attached hydrogens (tertiary/aromatic N) is 3. The Bertz CT molecular complexity index is 330. The fourth-order valence-electron chi connectivity index (χ4n) is 1.83. The van der Waals surface area contributed by atoms with Gasteiger partial charge >= 0.3 is 0 Å². The van der Waals surface area contributed by atoms with Gasteiger partial charge in [0.25, 0.3) is 0 Å². The Morgan fingerprint density at radius 1 is 1.64 bits per heavy atom. The van der Waals surface area contributed by atoms with E-state index in [-0.39, 0.29) is 0 Å². The first-order chi connectivity index (χ1) is 6.88. The van der Waals surface area contributed by atoms with E-state index in [1.807, 2.05) is 4.68 Å². The molecule has 0 saturated carbocycles. The molecular weight excluding hydrogens is 176 g/mol. The maximum atomic E-state index is 8.64. The molecule has 2 heterocycles. The average molecular weight is 190 g/mol. The zero-order chi connectivity index (χ0) is 9.80. The number of piperidine rings is 1. The van der Waals surface area contributed by atoms with Gasteiger partial charge in [-0.3, -0.25) is 4.68 Å². The molecule has 1 atom stereocenters. The minimum atomic E-state index is 0.523. The fourth-order valence-corrected chi connectivity index (χ4v) is 1.83. The molecular formula is C10H14N4. The van der Waals surface area contributed by atoms with Crippen LogP contribution < -0.4 is 5.32 Å². The van der Waals surface area contributed by atoms with Gasteiger partial charge in [0.05, 0.1) is 18.3 Å². The molecule has 1 fully saturated rings. The summed E-state index contributed by atoms with van der Waals surface area (Å²) in [6.07, 6.45) is 7.20. The molecule has 0 radical (unpaired) electrons. The van der Waals surface area contributed by atoms with Crippen LogP contribution in [0.1, 0.15) is 24.8 Å². The lowest BCUT2D eigenvalue weighted by Crippen LogP contribution is -2.37. The second kappa shape index (κ2) is 4.25. The van der Waals surface area contributed by atoms with E-state index < -0.39 is 0 Å². The highest BCUT2D eigenvalue weighted by Gasteiger charge is 2.13. The second-order valence-electron chi connectivity index (χ2n) is 3.71. The van der Waals surface area contributed by atoms with Gasteiger partial charge < -0.3 is 5.32 Å². The first-order valence-corrected chi connectivity index (χ1v) is 5.04. The second-order valence-corrected chi connectivity index (χ2v) is 3.71. The summed E-state index contributed by atoms with van der Waals surface area (Å²) in [4.78, 5) is 0. The van der Waals surface area contributed by atoms with Crippen molar-refractivity contribution in [3.05, 3.63) is 18.0 Å². The highest BCUT2D eigenvalue weighted by molar-refractivity contribution is 5.21. The van der Waals surface area contributed by atoms with Crippen LogP contribution >= 0.6 is 0 Å². The monoisotopic (exact) mass is 190 g/mol. The Kier molecular flexibility index (Phi) is 2.80. The first-order valence-electron chi connectivity index (χ1n) is 5.04. The van der Waals surface area contributed by atoms with Gasteiger partial charge in [0, 0.05) is 12.2 Å². The van der Waals surface area contributed by atoms with Crippen molar-refractivity contribution in [1.29, 1.82) is 5.26 Å². The molecule has 4 nitrogen and oxygen atoms in total. The normalized spacial score (nSPS) is 21.8. The molecule has 0 aliphatic carbocycles. The minimum absolute atomic E-state index is 0.523. The minimum Gasteiger partial charge on any atom is -0.312 e. The van der Waals surface area contributed by atoms with Crippen molar-refractivity contribution in [1.82, 2.24) is 15.1 Å². The third-order valence-corrected chi connectivity index (χ3v) is 2.58. The van der Waals surface area contributed by atoms with Crippen LogP contribution in [-0.4, -0.2) is 22.4 Å². The molecule has 14 heavy (non-hydrogen) atoms. The molecule has 0 amide bonds. The van der Waals surface area contributed by atoms with Crippen LogP contribution in [0.25, 0.3) is 0 Å². The highest BCUT2D eigenvalue weighted by Crippen LogP contribution is 2.08. The largest absolute Gasteiger partial charge is 0.312 e. The van der Waals surface area contributed by atoms with Crippen LogP contribution in [0, 0.1) is 11.3 Å². The van der Waals surface area contributed by atoms with Crippen LogP contribution in [0.3, 0.4) is 0 Å². The summed E-state index contributed by atoms with van der Waals surface area (Å²) >= 11 is 0. The van der Waals surface area contributed by atoms with Crippen molar-refractivity contribution in [3.63, 3.8) is 0 Å². The van der Waals surface area contributed by atoms with Crippen molar-refractivity contribution < 1.29 is 0 Å². The predicted octanol–water partition coefficient (Wildman–Crippen LogP) is 0.897. The van der Waals surface area contributed by atoms with E-state index in [1.54, 1.807) is 12.4 Å². The Labute approximate surface area is 83.5 Å². The van der Waals surface area contributed by atoms with Gasteiger partial charge in [-0.05, 0) is 19.4 Å². The van der Waals surface area contributed by atoms with E-state index in [9.17, 15) is 0 Å². The summed E-state index contributed by atoms with van der Waals surface area (Å²) in [6.45, 7) is 1.98. The van der Waals surface area contributed by atoms with Crippen LogP contribution in [0.15, 0.2) is 12.4 Å². The molecule has 0 bridgehead atoms. The molecule has 1 aromatic heterocycles. The number of nitriles is 1. The van der Waals surface area contributed by atoms with Crippen molar-refractivity contribution >= 4 is 0 Å². The zero-order valence-corrected chi connectivity index (χ0v) is 8.11. The summed E-state index contributed by atoms with van der Waals surface area (Å²) in [5, 5.41) is 16.2. The van der Waals surface area contributed by atoms with Crippen molar-refractivity contribution in [2.24, 2.45) is 0 Å². The molecule has 1 aromatic rings. The number of aromatic nitrogens is 2. The number of nitrogens with one attached hydrogen (secondary N) is 1. The van der Waals surface area contributed by atoms with E-state index in [0.29, 0.717) is 11.6 Å². The van der Waals surface area contributed by atoms with Gasteiger partial charge in [0.15, 0.2) is 0 Å². The summed E-state index contributed by atoms with van der Waals surface area (Å²) in [7, 11) is 0. The molecule has 1 N–H and O–H groups in total. The quantitative estimate of drug-likeness (QED) is 0.753. The molecule has 1 saturated heterocycles. The third-order valence-electron chi connectivity index (χ3n) is 2.58. The molecule has 2 rings (SSSR count). The Morgan fingerprint density at radius 2 is 2.57 bits per heavy atom. The number of rotatable bonds is 2.